The molecule has 3 unspecified atom stereocenters. The van der Waals surface area contributed by atoms with Gasteiger partial charge in [0.15, 0.2) is 0 Å². The van der Waals surface area contributed by atoms with Gasteiger partial charge in [-0.05, 0) is 52.2 Å². The molecule has 5 heteroatoms. The Hall–Kier alpha value is -0.620. The van der Waals surface area contributed by atoms with E-state index in [1.165, 1.54) is 11.3 Å². The Morgan fingerprint density at radius 3 is 2.81 bits per heavy atom. The maximum atomic E-state index is 10.1. The van der Waals surface area contributed by atoms with Gasteiger partial charge in [0.2, 0.25) is 0 Å². The van der Waals surface area contributed by atoms with Crippen LogP contribution >= 0.6 is 15.9 Å². The van der Waals surface area contributed by atoms with Gasteiger partial charge in [0.1, 0.15) is 0 Å². The molecule has 1 fully saturated rings. The molecule has 1 heterocycles. The van der Waals surface area contributed by atoms with Crippen LogP contribution in [0.1, 0.15) is 24.9 Å². The van der Waals surface area contributed by atoms with Gasteiger partial charge in [0.05, 0.1) is 6.10 Å². The molecule has 0 aromatic heterocycles. The van der Waals surface area contributed by atoms with E-state index in [0.717, 1.165) is 17.4 Å². The van der Waals surface area contributed by atoms with E-state index in [-0.39, 0.29) is 12.1 Å². The molecule has 1 aromatic rings. The Morgan fingerprint density at radius 2 is 2.19 bits per heavy atom. The molecule has 1 aromatic carbocycles. The predicted octanol–water partition coefficient (Wildman–Crippen LogP) is 2.23. The number of aliphatic hydroxyl groups is 1. The van der Waals surface area contributed by atoms with E-state index in [0.29, 0.717) is 12.6 Å². The molecule has 3 atom stereocenters. The summed E-state index contributed by atoms with van der Waals surface area (Å²) >= 11 is 3.58. The average molecular weight is 356 g/mol. The predicted molar refractivity (Wildman–Crippen MR) is 91.9 cm³/mol. The summed E-state index contributed by atoms with van der Waals surface area (Å²) in [6.45, 7) is 3.83. The van der Waals surface area contributed by atoms with Crippen molar-refractivity contribution in [2.45, 2.75) is 31.5 Å². The summed E-state index contributed by atoms with van der Waals surface area (Å²) in [6.07, 6.45) is 0.588. The van der Waals surface area contributed by atoms with E-state index >= 15 is 0 Å². The van der Waals surface area contributed by atoms with Gasteiger partial charge in [-0.2, -0.15) is 0 Å². The number of rotatable bonds is 5. The molecular formula is C16H26BrN3O. The van der Waals surface area contributed by atoms with Crippen LogP contribution in [-0.4, -0.2) is 56.4 Å². The largest absolute Gasteiger partial charge is 0.391 e. The van der Waals surface area contributed by atoms with E-state index in [1.54, 1.807) is 0 Å². The van der Waals surface area contributed by atoms with Gasteiger partial charge in [0, 0.05) is 35.3 Å². The first-order valence-corrected chi connectivity index (χ1v) is 8.27. The minimum absolute atomic E-state index is 0.244. The number of hydrogen-bond donors (Lipinski definition) is 2. The van der Waals surface area contributed by atoms with E-state index < -0.39 is 0 Å². The number of halogens is 1. The molecule has 2 rings (SSSR count). The zero-order valence-corrected chi connectivity index (χ0v) is 14.9. The van der Waals surface area contributed by atoms with Crippen molar-refractivity contribution in [2.75, 3.05) is 39.1 Å². The highest BCUT2D eigenvalue weighted by molar-refractivity contribution is 9.10. The number of β-amino-alcohol motifs (C(OH)–C–C–N with tert-alkyl or cyclic N) is 1. The fourth-order valence-corrected chi connectivity index (χ4v) is 3.42. The summed E-state index contributed by atoms with van der Waals surface area (Å²) in [5.74, 6) is 0. The van der Waals surface area contributed by atoms with Crippen LogP contribution in [0.3, 0.4) is 0 Å². The van der Waals surface area contributed by atoms with Gasteiger partial charge in [-0.3, -0.25) is 0 Å². The SMILES string of the molecule is CNC(C)c1ccc(Br)cc1N1CC(O)CC1CN(C)C. The summed E-state index contributed by atoms with van der Waals surface area (Å²) in [7, 11) is 6.15. The molecule has 0 radical (unpaired) electrons. The zero-order valence-electron chi connectivity index (χ0n) is 13.3. The lowest BCUT2D eigenvalue weighted by atomic mass is 10.0. The van der Waals surface area contributed by atoms with Crippen LogP contribution in [0.4, 0.5) is 5.69 Å². The number of likely N-dealkylation sites (N-methyl/N-ethyl adjacent to an activating group) is 1. The lowest BCUT2D eigenvalue weighted by Gasteiger charge is -2.32. The van der Waals surface area contributed by atoms with Gasteiger partial charge in [-0.1, -0.05) is 22.0 Å². The molecule has 0 bridgehead atoms. The monoisotopic (exact) mass is 355 g/mol. The van der Waals surface area contributed by atoms with Crippen LogP contribution in [0.5, 0.6) is 0 Å². The van der Waals surface area contributed by atoms with Crippen molar-refractivity contribution in [3.63, 3.8) is 0 Å². The second-order valence-corrected chi connectivity index (χ2v) is 7.09. The van der Waals surface area contributed by atoms with Crippen LogP contribution < -0.4 is 10.2 Å². The van der Waals surface area contributed by atoms with Crippen molar-refractivity contribution in [3.8, 4) is 0 Å². The summed E-state index contributed by atoms with van der Waals surface area (Å²) in [4.78, 5) is 4.55. The third-order valence-corrected chi connectivity index (χ3v) is 4.66. The van der Waals surface area contributed by atoms with Crippen molar-refractivity contribution >= 4 is 21.6 Å². The van der Waals surface area contributed by atoms with E-state index in [9.17, 15) is 5.11 Å². The molecule has 0 spiro atoms. The molecule has 21 heavy (non-hydrogen) atoms. The quantitative estimate of drug-likeness (QED) is 0.849. The molecule has 0 amide bonds. The fourth-order valence-electron chi connectivity index (χ4n) is 3.07. The molecule has 1 aliphatic heterocycles. The summed E-state index contributed by atoms with van der Waals surface area (Å²) in [5.41, 5.74) is 2.49. The molecule has 0 aliphatic carbocycles. The van der Waals surface area contributed by atoms with Crippen LogP contribution in [0.25, 0.3) is 0 Å². The summed E-state index contributed by atoms with van der Waals surface area (Å²) in [6, 6.07) is 7.06. The number of aliphatic hydroxyl groups excluding tert-OH is 1. The zero-order chi connectivity index (χ0) is 15.6. The highest BCUT2D eigenvalue weighted by Gasteiger charge is 2.33. The Bertz CT molecular complexity index is 481. The smallest absolute Gasteiger partial charge is 0.0735 e. The lowest BCUT2D eigenvalue weighted by Crippen LogP contribution is -2.38. The molecular weight excluding hydrogens is 330 g/mol. The van der Waals surface area contributed by atoms with E-state index in [4.69, 9.17) is 0 Å². The average Bonchev–Trinajstić information content (AvgIpc) is 2.77. The Kier molecular flexibility index (Phi) is 5.66. The maximum absolute atomic E-state index is 10.1. The van der Waals surface area contributed by atoms with Crippen LogP contribution in [0.15, 0.2) is 22.7 Å². The second kappa shape index (κ2) is 7.09. The van der Waals surface area contributed by atoms with Crippen molar-refractivity contribution in [3.05, 3.63) is 28.2 Å². The van der Waals surface area contributed by atoms with Gasteiger partial charge >= 0.3 is 0 Å². The molecule has 2 N–H and O–H groups in total. The first-order valence-electron chi connectivity index (χ1n) is 7.48. The fraction of sp³-hybridized carbons (Fsp3) is 0.625. The van der Waals surface area contributed by atoms with E-state index in [2.05, 4.69) is 70.3 Å². The van der Waals surface area contributed by atoms with Crippen LogP contribution in [0, 0.1) is 0 Å². The van der Waals surface area contributed by atoms with Crippen molar-refractivity contribution in [2.24, 2.45) is 0 Å². The molecule has 0 saturated carbocycles. The van der Waals surface area contributed by atoms with Gasteiger partial charge in [-0.15, -0.1) is 0 Å². The summed E-state index contributed by atoms with van der Waals surface area (Å²) in [5, 5.41) is 13.4. The van der Waals surface area contributed by atoms with Gasteiger partial charge in [-0.25, -0.2) is 0 Å². The summed E-state index contributed by atoms with van der Waals surface area (Å²) < 4.78 is 1.08. The minimum Gasteiger partial charge on any atom is -0.391 e. The third kappa shape index (κ3) is 3.97. The highest BCUT2D eigenvalue weighted by Crippen LogP contribution is 2.34. The number of benzene rings is 1. The normalized spacial score (nSPS) is 23.9. The van der Waals surface area contributed by atoms with Gasteiger partial charge in [0.25, 0.3) is 0 Å². The molecule has 118 valence electrons. The molecule has 1 aliphatic rings. The lowest BCUT2D eigenvalue weighted by molar-refractivity contribution is 0.191. The Morgan fingerprint density at radius 1 is 1.48 bits per heavy atom. The van der Waals surface area contributed by atoms with E-state index in [1.807, 2.05) is 7.05 Å². The van der Waals surface area contributed by atoms with Crippen molar-refractivity contribution in [1.29, 1.82) is 0 Å². The minimum atomic E-state index is -0.244. The van der Waals surface area contributed by atoms with Crippen LogP contribution in [0.2, 0.25) is 0 Å². The van der Waals surface area contributed by atoms with Crippen molar-refractivity contribution < 1.29 is 5.11 Å². The Labute approximate surface area is 136 Å². The first-order chi connectivity index (χ1) is 9.92. The number of hydrogen-bond acceptors (Lipinski definition) is 4. The maximum Gasteiger partial charge on any atom is 0.0735 e. The standard InChI is InChI=1S/C16H26BrN3O/c1-11(18-2)15-6-5-12(17)7-16(15)20-10-14(21)8-13(20)9-19(3)4/h5-7,11,13-14,18,21H,8-10H2,1-4H3. The number of nitrogens with zero attached hydrogens (tertiary/aromatic N) is 2. The van der Waals surface area contributed by atoms with Gasteiger partial charge < -0.3 is 20.2 Å². The Balaban J connectivity index is 2.36. The number of anilines is 1. The third-order valence-electron chi connectivity index (χ3n) is 4.17. The topological polar surface area (TPSA) is 38.7 Å². The first kappa shape index (κ1) is 16.7. The van der Waals surface area contributed by atoms with Crippen LogP contribution in [-0.2, 0) is 0 Å². The number of nitrogens with one attached hydrogen (secondary N) is 1. The second-order valence-electron chi connectivity index (χ2n) is 6.17. The highest BCUT2D eigenvalue weighted by atomic mass is 79.9. The molecule has 4 nitrogen and oxygen atoms in total. The molecule has 1 saturated heterocycles. The van der Waals surface area contributed by atoms with Crippen molar-refractivity contribution in [1.82, 2.24) is 10.2 Å².